The molecule has 0 radical (unpaired) electrons. The molecule has 1 saturated carbocycles. The molecule has 1 aromatic carbocycles. The number of hydrogen-bond donors (Lipinski definition) is 2. The highest BCUT2D eigenvalue weighted by atomic mass is 32.2. The van der Waals surface area contributed by atoms with Crippen molar-refractivity contribution in [2.45, 2.75) is 32.2 Å². The summed E-state index contributed by atoms with van der Waals surface area (Å²) in [5.74, 6) is 0.910. The number of sulfonamides is 1. The molecule has 19 heavy (non-hydrogen) atoms. The zero-order valence-corrected chi connectivity index (χ0v) is 12.2. The minimum absolute atomic E-state index is 0.126. The van der Waals surface area contributed by atoms with E-state index in [0.29, 0.717) is 19.6 Å². The minimum atomic E-state index is -3.11. The van der Waals surface area contributed by atoms with Crippen LogP contribution in [0.15, 0.2) is 24.3 Å². The summed E-state index contributed by atoms with van der Waals surface area (Å²) in [5, 5.41) is 3.16. The van der Waals surface area contributed by atoms with Gasteiger partial charge in [-0.15, -0.1) is 0 Å². The molecule has 0 amide bonds. The van der Waals surface area contributed by atoms with Crippen molar-refractivity contribution >= 4 is 10.0 Å². The molecule has 5 heteroatoms. The molecule has 0 unspecified atom stereocenters. The zero-order valence-electron chi connectivity index (χ0n) is 11.4. The largest absolute Gasteiger partial charge is 0.312 e. The van der Waals surface area contributed by atoms with E-state index in [-0.39, 0.29) is 5.75 Å². The second-order valence-corrected chi connectivity index (χ2v) is 6.94. The van der Waals surface area contributed by atoms with Crippen LogP contribution in [-0.2, 0) is 16.6 Å². The molecule has 2 rings (SSSR count). The van der Waals surface area contributed by atoms with Crippen LogP contribution in [-0.4, -0.2) is 27.3 Å². The normalized spacial score (nSPS) is 15.6. The highest BCUT2D eigenvalue weighted by Crippen LogP contribution is 2.39. The Morgan fingerprint density at radius 2 is 1.89 bits per heavy atom. The Labute approximate surface area is 115 Å². The van der Waals surface area contributed by atoms with Gasteiger partial charge in [0.15, 0.2) is 0 Å². The molecule has 0 bridgehead atoms. The van der Waals surface area contributed by atoms with E-state index < -0.39 is 10.0 Å². The van der Waals surface area contributed by atoms with Gasteiger partial charge in [-0.25, -0.2) is 13.1 Å². The van der Waals surface area contributed by atoms with Crippen molar-refractivity contribution in [3.63, 3.8) is 0 Å². The third-order valence-electron chi connectivity index (χ3n) is 3.27. The number of hydrogen-bond acceptors (Lipinski definition) is 3. The zero-order chi connectivity index (χ0) is 13.7. The molecule has 1 fully saturated rings. The van der Waals surface area contributed by atoms with E-state index in [1.807, 2.05) is 0 Å². The van der Waals surface area contributed by atoms with Crippen LogP contribution in [0.2, 0.25) is 0 Å². The smallest absolute Gasteiger partial charge is 0.212 e. The number of rotatable bonds is 8. The molecule has 4 nitrogen and oxygen atoms in total. The molecule has 2 N–H and O–H groups in total. The number of nitrogens with one attached hydrogen (secondary N) is 2. The van der Waals surface area contributed by atoms with E-state index in [1.54, 1.807) is 6.92 Å². The quantitative estimate of drug-likeness (QED) is 0.712. The Kier molecular flexibility index (Phi) is 4.96. The lowest BCUT2D eigenvalue weighted by Crippen LogP contribution is -2.31. The molecule has 106 valence electrons. The average Bonchev–Trinajstić information content (AvgIpc) is 3.20. The number of benzene rings is 1. The first kappa shape index (κ1) is 14.5. The van der Waals surface area contributed by atoms with Gasteiger partial charge in [0.05, 0.1) is 5.75 Å². The Morgan fingerprint density at radius 1 is 1.21 bits per heavy atom. The third kappa shape index (κ3) is 4.93. The molecule has 0 heterocycles. The van der Waals surface area contributed by atoms with Gasteiger partial charge in [0, 0.05) is 19.6 Å². The third-order valence-corrected chi connectivity index (χ3v) is 4.74. The molecule has 0 spiro atoms. The maximum absolute atomic E-state index is 11.4. The SMILES string of the molecule is CCNS(=O)(=O)CCNCc1ccc(C2CC2)cc1. The van der Waals surface area contributed by atoms with Gasteiger partial charge in [-0.05, 0) is 29.9 Å². The monoisotopic (exact) mass is 282 g/mol. The van der Waals surface area contributed by atoms with Crippen molar-refractivity contribution in [2.75, 3.05) is 18.8 Å². The van der Waals surface area contributed by atoms with Crippen molar-refractivity contribution in [1.82, 2.24) is 10.0 Å². The lowest BCUT2D eigenvalue weighted by Gasteiger charge is -2.07. The Hall–Kier alpha value is -0.910. The van der Waals surface area contributed by atoms with Gasteiger partial charge in [-0.3, -0.25) is 0 Å². The van der Waals surface area contributed by atoms with E-state index in [2.05, 4.69) is 34.3 Å². The minimum Gasteiger partial charge on any atom is -0.312 e. The van der Waals surface area contributed by atoms with Crippen molar-refractivity contribution < 1.29 is 8.42 Å². The predicted molar refractivity (Wildman–Crippen MR) is 77.6 cm³/mol. The Morgan fingerprint density at radius 3 is 2.47 bits per heavy atom. The fraction of sp³-hybridized carbons (Fsp3) is 0.571. The summed E-state index contributed by atoms with van der Waals surface area (Å²) < 4.78 is 25.3. The first-order chi connectivity index (χ1) is 9.11. The molecule has 1 aromatic rings. The Bertz CT molecular complexity index is 493. The molecule has 0 aromatic heterocycles. The summed E-state index contributed by atoms with van der Waals surface area (Å²) in [6.07, 6.45) is 2.64. The van der Waals surface area contributed by atoms with Gasteiger partial charge < -0.3 is 5.32 Å². The second kappa shape index (κ2) is 6.50. The van der Waals surface area contributed by atoms with Crippen molar-refractivity contribution in [2.24, 2.45) is 0 Å². The van der Waals surface area contributed by atoms with Crippen LogP contribution < -0.4 is 10.0 Å². The highest BCUT2D eigenvalue weighted by molar-refractivity contribution is 7.89. The van der Waals surface area contributed by atoms with Crippen molar-refractivity contribution in [1.29, 1.82) is 0 Å². The van der Waals surface area contributed by atoms with Crippen LogP contribution in [0.25, 0.3) is 0 Å². The molecular weight excluding hydrogens is 260 g/mol. The first-order valence-corrected chi connectivity index (χ1v) is 8.53. The van der Waals surface area contributed by atoms with Gasteiger partial charge in [0.2, 0.25) is 10.0 Å². The van der Waals surface area contributed by atoms with Crippen LogP contribution in [0, 0.1) is 0 Å². The van der Waals surface area contributed by atoms with Gasteiger partial charge in [-0.2, -0.15) is 0 Å². The second-order valence-electron chi connectivity index (χ2n) is 5.01. The van der Waals surface area contributed by atoms with Crippen LogP contribution in [0.3, 0.4) is 0 Å². The van der Waals surface area contributed by atoms with Crippen LogP contribution in [0.5, 0.6) is 0 Å². The maximum atomic E-state index is 11.4. The Balaban J connectivity index is 1.70. The summed E-state index contributed by atoms with van der Waals surface area (Å²) in [7, 11) is -3.11. The van der Waals surface area contributed by atoms with Gasteiger partial charge in [0.25, 0.3) is 0 Å². The van der Waals surface area contributed by atoms with Crippen LogP contribution in [0.1, 0.15) is 36.8 Å². The van der Waals surface area contributed by atoms with Gasteiger partial charge in [-0.1, -0.05) is 31.2 Å². The molecule has 0 aliphatic heterocycles. The fourth-order valence-electron chi connectivity index (χ4n) is 2.06. The molecule has 0 atom stereocenters. The van der Waals surface area contributed by atoms with E-state index in [0.717, 1.165) is 5.92 Å². The standard InChI is InChI=1S/C14H22N2O2S/c1-2-16-19(17,18)10-9-15-11-12-3-5-13(6-4-12)14-7-8-14/h3-6,14-16H,2,7-11H2,1H3. The van der Waals surface area contributed by atoms with E-state index in [4.69, 9.17) is 0 Å². The summed E-state index contributed by atoms with van der Waals surface area (Å²) in [4.78, 5) is 0. The van der Waals surface area contributed by atoms with Crippen molar-refractivity contribution in [3.8, 4) is 0 Å². The first-order valence-electron chi connectivity index (χ1n) is 6.87. The topological polar surface area (TPSA) is 58.2 Å². The molecule has 1 aliphatic carbocycles. The lowest BCUT2D eigenvalue weighted by molar-refractivity contribution is 0.578. The highest BCUT2D eigenvalue weighted by Gasteiger charge is 2.22. The van der Waals surface area contributed by atoms with Gasteiger partial charge in [0.1, 0.15) is 0 Å². The van der Waals surface area contributed by atoms with E-state index in [9.17, 15) is 8.42 Å². The average molecular weight is 282 g/mol. The van der Waals surface area contributed by atoms with Crippen LogP contribution in [0.4, 0.5) is 0 Å². The predicted octanol–water partition coefficient (Wildman–Crippen LogP) is 1.59. The summed E-state index contributed by atoms with van der Waals surface area (Å²) in [6, 6.07) is 8.62. The van der Waals surface area contributed by atoms with E-state index in [1.165, 1.54) is 24.0 Å². The maximum Gasteiger partial charge on any atom is 0.212 e. The van der Waals surface area contributed by atoms with Gasteiger partial charge >= 0.3 is 0 Å². The molecular formula is C14H22N2O2S. The summed E-state index contributed by atoms with van der Waals surface area (Å²) >= 11 is 0. The molecule has 1 aliphatic rings. The van der Waals surface area contributed by atoms with Crippen molar-refractivity contribution in [3.05, 3.63) is 35.4 Å². The lowest BCUT2D eigenvalue weighted by atomic mass is 10.1. The molecule has 0 saturated heterocycles. The summed E-state index contributed by atoms with van der Waals surface area (Å²) in [6.45, 7) is 3.42. The summed E-state index contributed by atoms with van der Waals surface area (Å²) in [5.41, 5.74) is 2.63. The van der Waals surface area contributed by atoms with Crippen LogP contribution >= 0.6 is 0 Å². The fourth-order valence-corrected chi connectivity index (χ4v) is 3.05. The van der Waals surface area contributed by atoms with E-state index >= 15 is 0 Å².